The monoisotopic (exact) mass is 545 g/mol. The molecule has 2 aromatic rings. The summed E-state index contributed by atoms with van der Waals surface area (Å²) >= 11 is 6.38. The molecule has 0 aliphatic rings. The maximum atomic E-state index is 13.9. The summed E-state index contributed by atoms with van der Waals surface area (Å²) in [5, 5.41) is 16.5. The number of para-hydroxylation sites is 2. The van der Waals surface area contributed by atoms with Crippen molar-refractivity contribution >= 4 is 35.2 Å². The number of hydrogen-bond acceptors (Lipinski definition) is 5. The highest BCUT2D eigenvalue weighted by Gasteiger charge is 2.36. The molecule has 9 heteroatoms. The van der Waals surface area contributed by atoms with Crippen molar-refractivity contribution < 1.29 is 24.2 Å². The third kappa shape index (κ3) is 8.94. The van der Waals surface area contributed by atoms with Crippen molar-refractivity contribution in [2.45, 2.75) is 79.0 Å². The Morgan fingerprint density at radius 3 is 2.26 bits per heavy atom. The molecule has 2 aromatic carbocycles. The second-order valence-corrected chi connectivity index (χ2v) is 11.3. The topological polar surface area (TPSA) is 108 Å². The smallest absolute Gasteiger partial charge is 0.408 e. The number of benzene rings is 2. The largest absolute Gasteiger partial charge is 0.508 e. The van der Waals surface area contributed by atoms with Crippen LogP contribution in [0.15, 0.2) is 42.5 Å². The number of amides is 3. The van der Waals surface area contributed by atoms with Gasteiger partial charge in [-0.25, -0.2) is 4.79 Å². The molecule has 0 fully saturated rings. The van der Waals surface area contributed by atoms with Crippen LogP contribution < -0.4 is 10.6 Å². The number of phenolic OH excluding ortho intramolecular Hbond substituents is 1. The second-order valence-electron chi connectivity index (χ2n) is 10.9. The van der Waals surface area contributed by atoms with Crippen molar-refractivity contribution in [3.63, 3.8) is 0 Å². The molecule has 0 spiro atoms. The zero-order valence-electron chi connectivity index (χ0n) is 23.3. The molecule has 0 saturated carbocycles. The van der Waals surface area contributed by atoms with Crippen LogP contribution in [0.3, 0.4) is 0 Å². The molecule has 0 radical (unpaired) electrons. The summed E-state index contributed by atoms with van der Waals surface area (Å²) in [4.78, 5) is 41.3. The van der Waals surface area contributed by atoms with Crippen LogP contribution in [0, 0.1) is 12.8 Å². The quantitative estimate of drug-likeness (QED) is 0.329. The second kappa shape index (κ2) is 13.5. The van der Waals surface area contributed by atoms with Gasteiger partial charge in [0.05, 0.1) is 10.7 Å². The molecule has 2 atom stereocenters. The number of nitrogens with one attached hydrogen (secondary N) is 2. The first-order chi connectivity index (χ1) is 17.7. The minimum absolute atomic E-state index is 0.127. The Labute approximate surface area is 230 Å². The Morgan fingerprint density at radius 2 is 1.68 bits per heavy atom. The summed E-state index contributed by atoms with van der Waals surface area (Å²) in [7, 11) is 0. The number of phenols is 1. The van der Waals surface area contributed by atoms with E-state index >= 15 is 0 Å². The number of carbonyl (C=O) groups is 3. The van der Waals surface area contributed by atoms with Crippen molar-refractivity contribution in [1.82, 2.24) is 10.2 Å². The lowest BCUT2D eigenvalue weighted by Crippen LogP contribution is -2.50. The lowest BCUT2D eigenvalue weighted by molar-refractivity contribution is -0.141. The zero-order valence-corrected chi connectivity index (χ0v) is 24.1. The van der Waals surface area contributed by atoms with Gasteiger partial charge in [0, 0.05) is 11.6 Å². The Hall–Kier alpha value is -3.26. The number of hydrogen-bond donors (Lipinski definition) is 3. The third-order valence-corrected chi connectivity index (χ3v) is 6.25. The first-order valence-electron chi connectivity index (χ1n) is 12.8. The number of alkyl carbamates (subject to hydrolysis) is 1. The van der Waals surface area contributed by atoms with E-state index in [2.05, 4.69) is 24.5 Å². The summed E-state index contributed by atoms with van der Waals surface area (Å²) in [5.41, 5.74) is 0.701. The predicted molar refractivity (Wildman–Crippen MR) is 150 cm³/mol. The van der Waals surface area contributed by atoms with E-state index in [1.165, 1.54) is 11.0 Å². The molecule has 2 rings (SSSR count). The molecule has 3 amide bonds. The number of rotatable bonds is 10. The minimum Gasteiger partial charge on any atom is -0.508 e. The molecule has 0 aliphatic carbocycles. The van der Waals surface area contributed by atoms with Gasteiger partial charge in [-0.1, -0.05) is 55.8 Å². The van der Waals surface area contributed by atoms with E-state index in [1.54, 1.807) is 51.1 Å². The highest BCUT2D eigenvalue weighted by Crippen LogP contribution is 2.34. The van der Waals surface area contributed by atoms with Crippen molar-refractivity contribution in [1.29, 1.82) is 0 Å². The van der Waals surface area contributed by atoms with E-state index in [0.29, 0.717) is 23.0 Å². The van der Waals surface area contributed by atoms with E-state index in [1.807, 2.05) is 19.9 Å². The maximum absolute atomic E-state index is 13.9. The van der Waals surface area contributed by atoms with Gasteiger partial charge < -0.3 is 25.4 Å². The minimum atomic E-state index is -1.19. The summed E-state index contributed by atoms with van der Waals surface area (Å²) in [5.74, 6) is -0.786. The zero-order chi connectivity index (χ0) is 28.6. The van der Waals surface area contributed by atoms with Gasteiger partial charge in [0.25, 0.3) is 5.91 Å². The number of halogens is 1. The number of aromatic hydroxyl groups is 1. The lowest BCUT2D eigenvalue weighted by atomic mass is 9.97. The number of anilines is 1. The van der Waals surface area contributed by atoms with Crippen molar-refractivity contribution in [3.05, 3.63) is 58.6 Å². The maximum Gasteiger partial charge on any atom is 0.408 e. The predicted octanol–water partition coefficient (Wildman–Crippen LogP) is 6.21. The van der Waals surface area contributed by atoms with Gasteiger partial charge in [0.1, 0.15) is 23.9 Å². The van der Waals surface area contributed by atoms with E-state index < -0.39 is 35.6 Å². The fourth-order valence-corrected chi connectivity index (χ4v) is 4.30. The SMILES string of the molecule is Cc1cccc(Cl)c1NC(=O)C(c1ccccc1O)N(C(=O)CNC(=O)OC(C)(C)C)C(C)CCC(C)C. The highest BCUT2D eigenvalue weighted by atomic mass is 35.5. The normalized spacial score (nSPS) is 13.0. The number of ether oxygens (including phenoxy) is 1. The Bertz CT molecular complexity index is 1110. The molecular formula is C29H40ClN3O5. The van der Waals surface area contributed by atoms with Gasteiger partial charge in [-0.2, -0.15) is 0 Å². The fourth-order valence-electron chi connectivity index (χ4n) is 4.03. The molecule has 8 nitrogen and oxygen atoms in total. The van der Waals surface area contributed by atoms with Crippen molar-refractivity contribution in [2.75, 3.05) is 11.9 Å². The Balaban J connectivity index is 2.51. The van der Waals surface area contributed by atoms with Crippen LogP contribution in [-0.4, -0.2) is 46.1 Å². The lowest BCUT2D eigenvalue weighted by Gasteiger charge is -2.37. The standard InChI is InChI=1S/C29H40ClN3O5/c1-18(2)15-16-20(4)33(24(35)17-31-28(37)38-29(5,6)7)26(21-12-8-9-14-23(21)34)27(36)32-25-19(3)11-10-13-22(25)30/h8-14,18,20,26,34H,15-17H2,1-7H3,(H,31,37)(H,32,36). The van der Waals surface area contributed by atoms with Crippen LogP contribution in [0.5, 0.6) is 5.75 Å². The first-order valence-corrected chi connectivity index (χ1v) is 13.2. The molecule has 2 unspecified atom stereocenters. The van der Waals surface area contributed by atoms with Gasteiger partial charge in [-0.3, -0.25) is 9.59 Å². The van der Waals surface area contributed by atoms with Crippen LogP contribution in [0.4, 0.5) is 10.5 Å². The number of nitrogens with zero attached hydrogens (tertiary/aromatic N) is 1. The average molecular weight is 546 g/mol. The van der Waals surface area contributed by atoms with Crippen molar-refractivity contribution in [3.8, 4) is 5.75 Å². The molecular weight excluding hydrogens is 506 g/mol. The van der Waals surface area contributed by atoms with Crippen LogP contribution in [0.1, 0.15) is 71.6 Å². The summed E-state index contributed by atoms with van der Waals surface area (Å²) in [6.45, 7) is 12.6. The van der Waals surface area contributed by atoms with Crippen LogP contribution >= 0.6 is 11.6 Å². The van der Waals surface area contributed by atoms with Gasteiger partial charge in [0.15, 0.2) is 0 Å². The molecule has 3 N–H and O–H groups in total. The Morgan fingerprint density at radius 1 is 1.03 bits per heavy atom. The van der Waals surface area contributed by atoms with E-state index in [9.17, 15) is 19.5 Å². The molecule has 0 heterocycles. The van der Waals surface area contributed by atoms with Gasteiger partial charge in [0.2, 0.25) is 5.91 Å². The molecule has 0 aliphatic heterocycles. The molecule has 38 heavy (non-hydrogen) atoms. The summed E-state index contributed by atoms with van der Waals surface area (Å²) in [6.07, 6.45) is 0.678. The van der Waals surface area contributed by atoms with Crippen LogP contribution in [0.2, 0.25) is 5.02 Å². The van der Waals surface area contributed by atoms with Gasteiger partial charge in [-0.15, -0.1) is 0 Å². The Kier molecular flexibility index (Phi) is 11.0. The van der Waals surface area contributed by atoms with Crippen LogP contribution in [-0.2, 0) is 14.3 Å². The van der Waals surface area contributed by atoms with Crippen LogP contribution in [0.25, 0.3) is 0 Å². The van der Waals surface area contributed by atoms with Gasteiger partial charge >= 0.3 is 6.09 Å². The summed E-state index contributed by atoms with van der Waals surface area (Å²) in [6, 6.07) is 10.1. The number of carbonyl (C=O) groups excluding carboxylic acids is 3. The van der Waals surface area contributed by atoms with Crippen molar-refractivity contribution in [2.24, 2.45) is 5.92 Å². The third-order valence-electron chi connectivity index (χ3n) is 5.94. The van der Waals surface area contributed by atoms with E-state index in [0.717, 1.165) is 12.0 Å². The molecule has 208 valence electrons. The first kappa shape index (κ1) is 31.0. The molecule has 0 bridgehead atoms. The summed E-state index contributed by atoms with van der Waals surface area (Å²) < 4.78 is 5.27. The van der Waals surface area contributed by atoms with E-state index in [4.69, 9.17) is 16.3 Å². The molecule has 0 saturated heterocycles. The molecule has 0 aromatic heterocycles. The highest BCUT2D eigenvalue weighted by molar-refractivity contribution is 6.34. The average Bonchev–Trinajstić information content (AvgIpc) is 2.81. The fraction of sp³-hybridized carbons (Fsp3) is 0.483. The number of aryl methyl sites for hydroxylation is 1. The van der Waals surface area contributed by atoms with E-state index in [-0.39, 0.29) is 17.9 Å². The van der Waals surface area contributed by atoms with Gasteiger partial charge in [-0.05, 0) is 71.1 Å².